The Hall–Kier alpha value is -2.93. The third-order valence-corrected chi connectivity index (χ3v) is 3.82. The number of carbonyl (C=O) groups is 2. The van der Waals surface area contributed by atoms with Gasteiger partial charge in [-0.3, -0.25) is 25.8 Å². The lowest BCUT2D eigenvalue weighted by Gasteiger charge is -2.11. The normalized spacial score (nSPS) is 9.96. The number of hydrazine groups is 1. The predicted molar refractivity (Wildman–Crippen MR) is 108 cm³/mol. The van der Waals surface area contributed by atoms with Crippen LogP contribution in [0.2, 0.25) is 0 Å². The second kappa shape index (κ2) is 10.9. The van der Waals surface area contributed by atoms with E-state index in [-0.39, 0.29) is 23.3 Å². The van der Waals surface area contributed by atoms with Crippen LogP contribution >= 0.6 is 12.2 Å². The molecule has 3 N–H and O–H groups in total. The molecule has 2 rings (SSSR count). The largest absolute Gasteiger partial charge is 0.494 e. The molecule has 0 saturated heterocycles. The number of hydrogen-bond donors (Lipinski definition) is 3. The first kappa shape index (κ1) is 20.4. The lowest BCUT2D eigenvalue weighted by molar-refractivity contribution is -0.121. The third-order valence-electron chi connectivity index (χ3n) is 3.61. The van der Waals surface area contributed by atoms with Gasteiger partial charge in [-0.2, -0.15) is 0 Å². The fourth-order valence-corrected chi connectivity index (χ4v) is 2.36. The zero-order chi connectivity index (χ0) is 19.5. The van der Waals surface area contributed by atoms with E-state index in [0.717, 1.165) is 18.4 Å². The molecule has 0 fully saturated rings. The minimum absolute atomic E-state index is 0.0127. The van der Waals surface area contributed by atoms with E-state index in [1.807, 2.05) is 30.3 Å². The smallest absolute Gasteiger partial charge is 0.257 e. The van der Waals surface area contributed by atoms with Gasteiger partial charge in [-0.05, 0) is 42.4 Å². The van der Waals surface area contributed by atoms with Crippen LogP contribution in [0.3, 0.4) is 0 Å². The number of amides is 2. The Morgan fingerprint density at radius 3 is 2.56 bits per heavy atom. The number of hydrogen-bond acceptors (Lipinski definition) is 4. The van der Waals surface area contributed by atoms with Gasteiger partial charge in [0.15, 0.2) is 5.11 Å². The highest BCUT2D eigenvalue weighted by Crippen LogP contribution is 2.13. The van der Waals surface area contributed by atoms with Gasteiger partial charge in [-0.25, -0.2) is 0 Å². The summed E-state index contributed by atoms with van der Waals surface area (Å²) < 4.78 is 5.59. The van der Waals surface area contributed by atoms with Crippen LogP contribution in [0.25, 0.3) is 0 Å². The summed E-state index contributed by atoms with van der Waals surface area (Å²) in [5.41, 5.74) is 6.29. The average Bonchev–Trinajstić information content (AvgIpc) is 2.68. The van der Waals surface area contributed by atoms with Gasteiger partial charge in [0.05, 0.1) is 13.0 Å². The molecule has 2 aromatic rings. The minimum Gasteiger partial charge on any atom is -0.494 e. The van der Waals surface area contributed by atoms with Crippen molar-refractivity contribution < 1.29 is 14.3 Å². The van der Waals surface area contributed by atoms with Crippen LogP contribution in [-0.4, -0.2) is 23.5 Å². The van der Waals surface area contributed by atoms with Gasteiger partial charge < -0.3 is 4.74 Å². The molecule has 0 radical (unpaired) electrons. The summed E-state index contributed by atoms with van der Waals surface area (Å²) in [6.45, 7) is 2.69. The summed E-state index contributed by atoms with van der Waals surface area (Å²) in [4.78, 5) is 24.1. The highest BCUT2D eigenvalue weighted by molar-refractivity contribution is 7.80. The molecule has 0 aliphatic carbocycles. The van der Waals surface area contributed by atoms with Crippen LogP contribution in [0.5, 0.6) is 5.75 Å². The van der Waals surface area contributed by atoms with E-state index in [2.05, 4.69) is 23.1 Å². The van der Waals surface area contributed by atoms with Crippen molar-refractivity contribution in [2.45, 2.75) is 26.2 Å². The molecule has 7 heteroatoms. The van der Waals surface area contributed by atoms with Crippen molar-refractivity contribution >= 4 is 29.1 Å². The molecule has 0 spiro atoms. The summed E-state index contributed by atoms with van der Waals surface area (Å²) in [5, 5.41) is 2.53. The van der Waals surface area contributed by atoms with E-state index in [1.165, 1.54) is 0 Å². The van der Waals surface area contributed by atoms with E-state index in [0.29, 0.717) is 17.9 Å². The van der Waals surface area contributed by atoms with Crippen molar-refractivity contribution in [3.63, 3.8) is 0 Å². The van der Waals surface area contributed by atoms with E-state index < -0.39 is 0 Å². The van der Waals surface area contributed by atoms with Crippen molar-refractivity contribution in [3.05, 3.63) is 65.7 Å². The van der Waals surface area contributed by atoms with Crippen LogP contribution in [0.15, 0.2) is 54.6 Å². The molecule has 2 aromatic carbocycles. The molecule has 27 heavy (non-hydrogen) atoms. The fourth-order valence-electron chi connectivity index (χ4n) is 2.22. The molecule has 0 atom stereocenters. The first-order valence-corrected chi connectivity index (χ1v) is 9.16. The minimum atomic E-state index is -0.384. The first-order valence-electron chi connectivity index (χ1n) is 8.75. The number of carbonyl (C=O) groups excluding carboxylic acids is 2. The lowest BCUT2D eigenvalue weighted by atomic mass is 10.1. The van der Waals surface area contributed by atoms with Gasteiger partial charge in [0, 0.05) is 5.56 Å². The van der Waals surface area contributed by atoms with E-state index in [9.17, 15) is 9.59 Å². The van der Waals surface area contributed by atoms with Gasteiger partial charge in [-0.1, -0.05) is 49.7 Å². The molecule has 0 aliphatic heterocycles. The summed E-state index contributed by atoms with van der Waals surface area (Å²) >= 11 is 5.04. The molecule has 0 heterocycles. The van der Waals surface area contributed by atoms with E-state index in [1.54, 1.807) is 24.3 Å². The van der Waals surface area contributed by atoms with Crippen molar-refractivity contribution in [1.29, 1.82) is 0 Å². The molecule has 0 saturated carbocycles. The molecule has 6 nitrogen and oxygen atoms in total. The van der Waals surface area contributed by atoms with E-state index in [4.69, 9.17) is 17.0 Å². The summed E-state index contributed by atoms with van der Waals surface area (Å²) in [5.74, 6) is -0.0130. The van der Waals surface area contributed by atoms with Gasteiger partial charge in [0.25, 0.3) is 5.91 Å². The van der Waals surface area contributed by atoms with Crippen molar-refractivity contribution in [1.82, 2.24) is 16.2 Å². The van der Waals surface area contributed by atoms with Gasteiger partial charge in [0.2, 0.25) is 5.91 Å². The zero-order valence-electron chi connectivity index (χ0n) is 15.2. The van der Waals surface area contributed by atoms with Crippen molar-refractivity contribution in [2.24, 2.45) is 0 Å². The van der Waals surface area contributed by atoms with Crippen molar-refractivity contribution in [3.8, 4) is 5.75 Å². The summed E-state index contributed by atoms with van der Waals surface area (Å²) in [7, 11) is 0. The molecule has 0 aliphatic rings. The summed E-state index contributed by atoms with van der Waals surface area (Å²) in [6.07, 6.45) is 2.20. The molecule has 0 bridgehead atoms. The SMILES string of the molecule is CCCCOc1cccc(C(=O)NC(=S)NNC(=O)Cc2ccccc2)c1. The fraction of sp³-hybridized carbons (Fsp3) is 0.250. The first-order chi connectivity index (χ1) is 13.1. The van der Waals surface area contributed by atoms with Gasteiger partial charge in [0.1, 0.15) is 5.75 Å². The van der Waals surface area contributed by atoms with Crippen LogP contribution in [-0.2, 0) is 11.2 Å². The molecule has 0 aromatic heterocycles. The van der Waals surface area contributed by atoms with Gasteiger partial charge in [-0.15, -0.1) is 0 Å². The second-order valence-corrected chi connectivity index (χ2v) is 6.26. The number of nitrogens with one attached hydrogen (secondary N) is 3. The number of thiocarbonyl (C=S) groups is 1. The lowest BCUT2D eigenvalue weighted by Crippen LogP contribution is -2.48. The highest BCUT2D eigenvalue weighted by atomic mass is 32.1. The number of benzene rings is 2. The van der Waals surface area contributed by atoms with Crippen LogP contribution < -0.4 is 20.9 Å². The van der Waals surface area contributed by atoms with E-state index >= 15 is 0 Å². The maximum absolute atomic E-state index is 12.3. The predicted octanol–water partition coefficient (Wildman–Crippen LogP) is 2.74. The van der Waals surface area contributed by atoms with Gasteiger partial charge >= 0.3 is 0 Å². The Labute approximate surface area is 164 Å². The number of ether oxygens (including phenoxy) is 1. The standard InChI is InChI=1S/C20H23N3O3S/c1-2-3-12-26-17-11-7-10-16(14-17)19(25)21-20(27)23-22-18(24)13-15-8-5-4-6-9-15/h4-11,14H,2-3,12-13H2,1H3,(H,22,24)(H2,21,23,25,27). The quantitative estimate of drug-likeness (QED) is 0.388. The molecular formula is C20H23N3O3S. The molecule has 0 unspecified atom stereocenters. The second-order valence-electron chi connectivity index (χ2n) is 5.85. The average molecular weight is 385 g/mol. The Balaban J connectivity index is 1.78. The Kier molecular flexibility index (Phi) is 8.25. The van der Waals surface area contributed by atoms with Crippen LogP contribution in [0.1, 0.15) is 35.7 Å². The highest BCUT2D eigenvalue weighted by Gasteiger charge is 2.10. The third kappa shape index (κ3) is 7.45. The zero-order valence-corrected chi connectivity index (χ0v) is 16.0. The van der Waals surface area contributed by atoms with Crippen molar-refractivity contribution in [2.75, 3.05) is 6.61 Å². The topological polar surface area (TPSA) is 79.5 Å². The maximum atomic E-state index is 12.3. The maximum Gasteiger partial charge on any atom is 0.257 e. The molecule has 142 valence electrons. The Bertz CT molecular complexity index is 781. The monoisotopic (exact) mass is 385 g/mol. The van der Waals surface area contributed by atoms with Crippen LogP contribution in [0, 0.1) is 0 Å². The number of unbranched alkanes of at least 4 members (excludes halogenated alkanes) is 1. The molecule has 2 amide bonds. The molecular weight excluding hydrogens is 362 g/mol. The van der Waals surface area contributed by atoms with Crippen LogP contribution in [0.4, 0.5) is 0 Å². The summed E-state index contributed by atoms with van der Waals surface area (Å²) in [6, 6.07) is 16.2. The number of rotatable bonds is 7. The Morgan fingerprint density at radius 2 is 1.81 bits per heavy atom. The Morgan fingerprint density at radius 1 is 1.04 bits per heavy atom.